The highest BCUT2D eigenvalue weighted by molar-refractivity contribution is 7.99. The van der Waals surface area contributed by atoms with E-state index in [1.807, 2.05) is 72.2 Å². The fraction of sp³-hybridized carbons (Fsp3) is 0.415. The van der Waals surface area contributed by atoms with Gasteiger partial charge in [0.05, 0.1) is 5.69 Å². The number of ether oxygens (including phenoxy) is 1. The van der Waals surface area contributed by atoms with Crippen LogP contribution in [0.3, 0.4) is 0 Å². The van der Waals surface area contributed by atoms with Crippen molar-refractivity contribution in [3.63, 3.8) is 0 Å². The lowest BCUT2D eigenvalue weighted by Crippen LogP contribution is -2.33. The van der Waals surface area contributed by atoms with E-state index in [2.05, 4.69) is 79.2 Å². The van der Waals surface area contributed by atoms with Gasteiger partial charge in [0.2, 0.25) is 5.16 Å². The molecule has 1 saturated heterocycles. The minimum atomic E-state index is -0.678. The number of amides is 1. The molecule has 0 radical (unpaired) electrons. The minimum Gasteiger partial charge on any atom is -0.480 e. The van der Waals surface area contributed by atoms with Gasteiger partial charge < -0.3 is 15.0 Å². The molecular weight excluding hydrogens is 671 g/mol. The molecule has 1 atom stereocenters. The van der Waals surface area contributed by atoms with Crippen molar-refractivity contribution in [1.29, 1.82) is 0 Å². The lowest BCUT2D eigenvalue weighted by atomic mass is 9.76. The van der Waals surface area contributed by atoms with Crippen LogP contribution in [-0.2, 0) is 15.6 Å². The molecule has 0 saturated carbocycles. The molecule has 10 nitrogen and oxygen atoms in total. The number of carbonyl (C=O) groups excluding carboxylic acids is 1. The van der Waals surface area contributed by atoms with Crippen molar-refractivity contribution in [1.82, 2.24) is 24.5 Å². The molecule has 6 rings (SSSR count). The van der Waals surface area contributed by atoms with Gasteiger partial charge >= 0.3 is 0 Å². The van der Waals surface area contributed by atoms with Gasteiger partial charge in [0, 0.05) is 30.0 Å². The Hall–Kier alpha value is -4.77. The molecule has 3 aromatic carbocycles. The number of nitrogens with one attached hydrogen (secondary N) is 2. The monoisotopic (exact) mass is 721 g/mol. The Bertz CT molecular complexity index is 2040. The largest absolute Gasteiger partial charge is 0.480 e. The number of hydrogen-bond donors (Lipinski definition) is 2. The smallest absolute Gasteiger partial charge is 0.287 e. The Morgan fingerprint density at radius 1 is 0.923 bits per heavy atom. The number of rotatable bonds is 14. The molecule has 1 amide bonds. The van der Waals surface area contributed by atoms with Gasteiger partial charge in [-0.05, 0) is 103 Å². The molecule has 2 aromatic heterocycles. The molecule has 1 fully saturated rings. The van der Waals surface area contributed by atoms with Crippen LogP contribution in [0.2, 0.25) is 0 Å². The first-order valence-corrected chi connectivity index (χ1v) is 19.2. The zero-order valence-electron chi connectivity index (χ0n) is 31.4. The van der Waals surface area contributed by atoms with Crippen molar-refractivity contribution >= 4 is 29.2 Å². The van der Waals surface area contributed by atoms with E-state index in [0.717, 1.165) is 61.6 Å². The first-order chi connectivity index (χ1) is 25.0. The second-order valence-corrected chi connectivity index (χ2v) is 15.8. The summed E-state index contributed by atoms with van der Waals surface area (Å²) in [5.41, 5.74) is 4.32. The minimum absolute atomic E-state index is 0.0372. The third-order valence-corrected chi connectivity index (χ3v) is 11.6. The molecule has 0 bridgehead atoms. The number of aromatic amines is 1. The predicted molar refractivity (Wildman–Crippen MR) is 210 cm³/mol. The average molecular weight is 722 g/mol. The standard InChI is InChI=1S/C41H51N7O3S/c1-8-33(51-34-23-18-28(40(4,5)9-2)26-32(34)41(6,7)10-3)37(49)43-29-19-21-31(22-20-29)48-38(50)35(36(45-48)46-24-14-15-25-46)52-39-44-42-27-47(39)30-16-12-11-13-17-30/h11-13,16-23,26-27,33,45H,8-10,14-15,24-25H2,1-7H3,(H,43,49). The third-order valence-electron chi connectivity index (χ3n) is 10.6. The van der Waals surface area contributed by atoms with Crippen LogP contribution in [-0.4, -0.2) is 49.6 Å². The van der Waals surface area contributed by atoms with E-state index in [0.29, 0.717) is 27.8 Å². The molecule has 274 valence electrons. The summed E-state index contributed by atoms with van der Waals surface area (Å²) in [4.78, 5) is 30.4. The molecule has 5 aromatic rings. The summed E-state index contributed by atoms with van der Waals surface area (Å²) in [6.07, 6.45) is 5.58. The van der Waals surface area contributed by atoms with Crippen LogP contribution in [0.4, 0.5) is 11.5 Å². The number of hydrogen-bond acceptors (Lipinski definition) is 7. The van der Waals surface area contributed by atoms with Crippen molar-refractivity contribution in [3.05, 3.63) is 101 Å². The highest BCUT2D eigenvalue weighted by Crippen LogP contribution is 2.39. The van der Waals surface area contributed by atoms with Gasteiger partial charge in [-0.3, -0.25) is 19.3 Å². The first-order valence-electron chi connectivity index (χ1n) is 18.4. The summed E-state index contributed by atoms with van der Waals surface area (Å²) in [6.45, 7) is 17.0. The summed E-state index contributed by atoms with van der Waals surface area (Å²) in [5, 5.41) is 15.5. The van der Waals surface area contributed by atoms with Crippen LogP contribution in [0.5, 0.6) is 5.75 Å². The number of carbonyl (C=O) groups is 1. The molecule has 1 aliphatic heterocycles. The zero-order valence-corrected chi connectivity index (χ0v) is 32.2. The predicted octanol–water partition coefficient (Wildman–Crippen LogP) is 8.67. The van der Waals surface area contributed by atoms with E-state index < -0.39 is 6.10 Å². The van der Waals surface area contributed by atoms with Crippen molar-refractivity contribution in [3.8, 4) is 17.1 Å². The Kier molecular flexibility index (Phi) is 11.0. The average Bonchev–Trinajstić information content (AvgIpc) is 3.93. The summed E-state index contributed by atoms with van der Waals surface area (Å²) in [5.74, 6) is 1.30. The Morgan fingerprint density at radius 3 is 2.27 bits per heavy atom. The number of H-pyrrole nitrogens is 1. The fourth-order valence-electron chi connectivity index (χ4n) is 6.36. The maximum absolute atomic E-state index is 14.0. The summed E-state index contributed by atoms with van der Waals surface area (Å²) in [7, 11) is 0. The lowest BCUT2D eigenvalue weighted by Gasteiger charge is -2.31. The molecular formula is C41H51N7O3S. The van der Waals surface area contributed by atoms with Gasteiger partial charge in [-0.1, -0.05) is 78.8 Å². The van der Waals surface area contributed by atoms with Gasteiger partial charge in [0.15, 0.2) is 6.10 Å². The molecule has 0 spiro atoms. The van der Waals surface area contributed by atoms with Crippen LogP contribution in [0.15, 0.2) is 94.0 Å². The van der Waals surface area contributed by atoms with E-state index >= 15 is 0 Å². The second kappa shape index (κ2) is 15.5. The number of anilines is 2. The van der Waals surface area contributed by atoms with Crippen LogP contribution >= 0.6 is 11.8 Å². The summed E-state index contributed by atoms with van der Waals surface area (Å²) < 4.78 is 9.93. The maximum Gasteiger partial charge on any atom is 0.287 e. The molecule has 52 heavy (non-hydrogen) atoms. The molecule has 11 heteroatoms. The Balaban J connectivity index is 1.22. The number of nitrogens with zero attached hydrogens (tertiary/aromatic N) is 5. The van der Waals surface area contributed by atoms with E-state index in [1.165, 1.54) is 17.3 Å². The third kappa shape index (κ3) is 7.70. The van der Waals surface area contributed by atoms with Gasteiger partial charge in [-0.15, -0.1) is 10.2 Å². The quantitative estimate of drug-likeness (QED) is 0.118. The van der Waals surface area contributed by atoms with Crippen molar-refractivity contribution in [2.45, 2.75) is 108 Å². The SMILES string of the molecule is CCC(Oc1ccc(C(C)(C)CC)cc1C(C)(C)CC)C(=O)Nc1ccc(-n2[nH]c(N3CCCC3)c(Sc3nncn3-c3ccccc3)c2=O)cc1. The molecule has 0 aliphatic carbocycles. The number of para-hydroxylation sites is 1. The van der Waals surface area contributed by atoms with Crippen LogP contribution in [0.1, 0.15) is 91.7 Å². The van der Waals surface area contributed by atoms with Crippen molar-refractivity contribution in [2.24, 2.45) is 0 Å². The van der Waals surface area contributed by atoms with E-state index in [4.69, 9.17) is 4.74 Å². The highest BCUT2D eigenvalue weighted by Gasteiger charge is 2.29. The van der Waals surface area contributed by atoms with Gasteiger partial charge in [0.1, 0.15) is 22.8 Å². The van der Waals surface area contributed by atoms with Gasteiger partial charge in [-0.2, -0.15) is 0 Å². The maximum atomic E-state index is 14.0. The molecule has 3 heterocycles. The van der Waals surface area contributed by atoms with E-state index in [1.54, 1.807) is 11.0 Å². The first kappa shape index (κ1) is 37.0. The normalized spacial score (nSPS) is 14.1. The number of aromatic nitrogens is 5. The van der Waals surface area contributed by atoms with Gasteiger partial charge in [0.25, 0.3) is 11.5 Å². The van der Waals surface area contributed by atoms with E-state index in [9.17, 15) is 9.59 Å². The molecule has 1 unspecified atom stereocenters. The highest BCUT2D eigenvalue weighted by atomic mass is 32.2. The number of benzene rings is 3. The Morgan fingerprint density at radius 2 is 1.62 bits per heavy atom. The van der Waals surface area contributed by atoms with Crippen molar-refractivity contribution in [2.75, 3.05) is 23.3 Å². The molecule has 2 N–H and O–H groups in total. The summed E-state index contributed by atoms with van der Waals surface area (Å²) in [6, 6.07) is 23.6. The van der Waals surface area contributed by atoms with Crippen molar-refractivity contribution < 1.29 is 9.53 Å². The van der Waals surface area contributed by atoms with Crippen LogP contribution in [0.25, 0.3) is 11.4 Å². The zero-order chi connectivity index (χ0) is 37.0. The lowest BCUT2D eigenvalue weighted by molar-refractivity contribution is -0.122. The fourth-order valence-corrected chi connectivity index (χ4v) is 7.33. The summed E-state index contributed by atoms with van der Waals surface area (Å²) >= 11 is 1.31. The molecule has 1 aliphatic rings. The second-order valence-electron chi connectivity index (χ2n) is 14.8. The topological polar surface area (TPSA) is 110 Å². The van der Waals surface area contributed by atoms with E-state index in [-0.39, 0.29) is 22.3 Å². The van der Waals surface area contributed by atoms with Crippen LogP contribution < -0.4 is 20.5 Å². The van der Waals surface area contributed by atoms with Gasteiger partial charge in [-0.25, -0.2) is 4.68 Å². The Labute approximate surface area is 311 Å². The van der Waals surface area contributed by atoms with Crippen LogP contribution in [0, 0.1) is 0 Å².